The van der Waals surface area contributed by atoms with Crippen LogP contribution in [0.5, 0.6) is 0 Å². The molecular formula is C20H19N7O. The molecule has 2 heterocycles. The third-order valence-corrected chi connectivity index (χ3v) is 3.82. The number of carbonyl (C=O) groups is 1. The molecule has 1 amide bonds. The first kappa shape index (κ1) is 18.8. The van der Waals surface area contributed by atoms with E-state index < -0.39 is 0 Å². The minimum Gasteiger partial charge on any atom is -0.367 e. The van der Waals surface area contributed by atoms with Crippen LogP contribution in [-0.4, -0.2) is 34.2 Å². The van der Waals surface area contributed by atoms with Gasteiger partial charge in [-0.3, -0.25) is 4.79 Å². The summed E-state index contributed by atoms with van der Waals surface area (Å²) in [6, 6.07) is 15.9. The Kier molecular flexibility index (Phi) is 6.10. The molecule has 3 aromatic rings. The lowest BCUT2D eigenvalue weighted by Gasteiger charge is -2.08. The van der Waals surface area contributed by atoms with Gasteiger partial charge in [0.05, 0.1) is 11.6 Å². The molecule has 0 saturated heterocycles. The standard InChI is InChI=1S/C20H19N7O/c1-14-2-7-17(24-13-14)25-19-9-8-18(26-27-19)22-10-11-23-20(28)16-5-3-15(12-21)4-6-16/h2-9,13H,10-11H2,1H3,(H,22,26)(H,23,28)(H,24,25,27). The molecule has 0 aliphatic rings. The number of benzene rings is 1. The number of amides is 1. The van der Waals surface area contributed by atoms with E-state index in [1.165, 1.54) is 0 Å². The molecule has 8 heteroatoms. The first-order chi connectivity index (χ1) is 13.6. The zero-order chi connectivity index (χ0) is 19.8. The van der Waals surface area contributed by atoms with Crippen molar-refractivity contribution in [1.82, 2.24) is 20.5 Å². The van der Waals surface area contributed by atoms with E-state index in [0.717, 1.165) is 5.56 Å². The van der Waals surface area contributed by atoms with Gasteiger partial charge < -0.3 is 16.0 Å². The van der Waals surface area contributed by atoms with Gasteiger partial charge in [0, 0.05) is 24.8 Å². The monoisotopic (exact) mass is 373 g/mol. The summed E-state index contributed by atoms with van der Waals surface area (Å²) in [4.78, 5) is 16.3. The minimum atomic E-state index is -0.192. The molecule has 140 valence electrons. The second-order valence-electron chi connectivity index (χ2n) is 6.02. The predicted molar refractivity (Wildman–Crippen MR) is 106 cm³/mol. The Balaban J connectivity index is 1.42. The van der Waals surface area contributed by atoms with E-state index in [9.17, 15) is 4.79 Å². The molecular weight excluding hydrogens is 354 g/mol. The number of aromatic nitrogens is 3. The Morgan fingerprint density at radius 3 is 2.32 bits per heavy atom. The van der Waals surface area contributed by atoms with Gasteiger partial charge in [-0.15, -0.1) is 10.2 Å². The second-order valence-corrected chi connectivity index (χ2v) is 6.02. The number of pyridine rings is 1. The van der Waals surface area contributed by atoms with Crippen LogP contribution in [0.4, 0.5) is 17.5 Å². The predicted octanol–water partition coefficient (Wildman–Crippen LogP) is 2.64. The highest BCUT2D eigenvalue weighted by atomic mass is 16.1. The van der Waals surface area contributed by atoms with Gasteiger partial charge in [-0.25, -0.2) is 4.98 Å². The van der Waals surface area contributed by atoms with Crippen molar-refractivity contribution in [2.24, 2.45) is 0 Å². The molecule has 0 radical (unpaired) electrons. The molecule has 0 aliphatic heterocycles. The van der Waals surface area contributed by atoms with E-state index in [4.69, 9.17) is 5.26 Å². The lowest BCUT2D eigenvalue weighted by Crippen LogP contribution is -2.28. The van der Waals surface area contributed by atoms with Crippen LogP contribution in [0.25, 0.3) is 0 Å². The maximum atomic E-state index is 12.0. The molecule has 28 heavy (non-hydrogen) atoms. The van der Waals surface area contributed by atoms with Gasteiger partial charge in [-0.05, 0) is 55.0 Å². The van der Waals surface area contributed by atoms with Crippen molar-refractivity contribution in [1.29, 1.82) is 5.26 Å². The molecule has 3 rings (SSSR count). The van der Waals surface area contributed by atoms with Crippen molar-refractivity contribution in [3.63, 3.8) is 0 Å². The molecule has 0 aliphatic carbocycles. The number of aryl methyl sites for hydroxylation is 1. The molecule has 0 fully saturated rings. The van der Waals surface area contributed by atoms with Crippen molar-refractivity contribution < 1.29 is 4.79 Å². The van der Waals surface area contributed by atoms with Crippen molar-refractivity contribution >= 4 is 23.4 Å². The van der Waals surface area contributed by atoms with E-state index in [2.05, 4.69) is 31.1 Å². The Morgan fingerprint density at radius 2 is 1.68 bits per heavy atom. The first-order valence-electron chi connectivity index (χ1n) is 8.70. The van der Waals surface area contributed by atoms with Gasteiger partial charge in [-0.1, -0.05) is 6.07 Å². The zero-order valence-corrected chi connectivity index (χ0v) is 15.3. The summed E-state index contributed by atoms with van der Waals surface area (Å²) in [5.41, 5.74) is 2.12. The quantitative estimate of drug-likeness (QED) is 0.545. The molecule has 2 aromatic heterocycles. The summed E-state index contributed by atoms with van der Waals surface area (Å²) in [5.74, 6) is 1.71. The molecule has 0 unspecified atom stereocenters. The van der Waals surface area contributed by atoms with Crippen LogP contribution in [0.15, 0.2) is 54.7 Å². The molecule has 0 atom stereocenters. The van der Waals surface area contributed by atoms with Crippen LogP contribution in [0.3, 0.4) is 0 Å². The van der Waals surface area contributed by atoms with Gasteiger partial charge in [0.2, 0.25) is 0 Å². The number of nitrogens with zero attached hydrogens (tertiary/aromatic N) is 4. The normalized spacial score (nSPS) is 10.0. The van der Waals surface area contributed by atoms with Gasteiger partial charge in [0.25, 0.3) is 5.91 Å². The summed E-state index contributed by atoms with van der Waals surface area (Å²) < 4.78 is 0. The van der Waals surface area contributed by atoms with E-state index in [-0.39, 0.29) is 5.91 Å². The third-order valence-electron chi connectivity index (χ3n) is 3.82. The fourth-order valence-corrected chi connectivity index (χ4v) is 2.33. The number of nitriles is 1. The van der Waals surface area contributed by atoms with E-state index >= 15 is 0 Å². The van der Waals surface area contributed by atoms with Crippen LogP contribution < -0.4 is 16.0 Å². The highest BCUT2D eigenvalue weighted by Gasteiger charge is 2.05. The maximum Gasteiger partial charge on any atom is 0.251 e. The fourth-order valence-electron chi connectivity index (χ4n) is 2.33. The number of carbonyl (C=O) groups excluding carboxylic acids is 1. The van der Waals surface area contributed by atoms with Crippen molar-refractivity contribution in [2.75, 3.05) is 23.7 Å². The van der Waals surface area contributed by atoms with Crippen molar-refractivity contribution in [3.05, 3.63) is 71.4 Å². The molecule has 3 N–H and O–H groups in total. The lowest BCUT2D eigenvalue weighted by atomic mass is 10.1. The maximum absolute atomic E-state index is 12.0. The van der Waals surface area contributed by atoms with Crippen molar-refractivity contribution in [2.45, 2.75) is 6.92 Å². The highest BCUT2D eigenvalue weighted by Crippen LogP contribution is 2.12. The van der Waals surface area contributed by atoms with Crippen LogP contribution in [0, 0.1) is 18.3 Å². The number of hydrogen-bond donors (Lipinski definition) is 3. The smallest absolute Gasteiger partial charge is 0.251 e. The molecule has 0 saturated carbocycles. The average Bonchev–Trinajstić information content (AvgIpc) is 2.74. The number of nitrogens with one attached hydrogen (secondary N) is 3. The topological polar surface area (TPSA) is 116 Å². The van der Waals surface area contributed by atoms with E-state index in [0.29, 0.717) is 41.7 Å². The second kappa shape index (κ2) is 9.09. The Hall–Kier alpha value is -3.99. The van der Waals surface area contributed by atoms with Gasteiger partial charge in [-0.2, -0.15) is 5.26 Å². The van der Waals surface area contributed by atoms with Crippen molar-refractivity contribution in [3.8, 4) is 6.07 Å². The van der Waals surface area contributed by atoms with Crippen LogP contribution >= 0.6 is 0 Å². The third kappa shape index (κ3) is 5.25. The van der Waals surface area contributed by atoms with Crippen LogP contribution in [0.1, 0.15) is 21.5 Å². The molecule has 1 aromatic carbocycles. The molecule has 8 nitrogen and oxygen atoms in total. The summed E-state index contributed by atoms with van der Waals surface area (Å²) in [6.07, 6.45) is 1.78. The molecule has 0 spiro atoms. The van der Waals surface area contributed by atoms with E-state index in [1.54, 1.807) is 42.6 Å². The minimum absolute atomic E-state index is 0.192. The highest BCUT2D eigenvalue weighted by molar-refractivity contribution is 5.94. The molecule has 0 bridgehead atoms. The fraction of sp³-hybridized carbons (Fsp3) is 0.150. The first-order valence-corrected chi connectivity index (χ1v) is 8.70. The summed E-state index contributed by atoms with van der Waals surface area (Å²) >= 11 is 0. The van der Waals surface area contributed by atoms with E-state index in [1.807, 2.05) is 25.1 Å². The van der Waals surface area contributed by atoms with Gasteiger partial charge >= 0.3 is 0 Å². The Labute approximate surface area is 162 Å². The SMILES string of the molecule is Cc1ccc(Nc2ccc(NCCNC(=O)c3ccc(C#N)cc3)nn2)nc1. The lowest BCUT2D eigenvalue weighted by molar-refractivity contribution is 0.0955. The Bertz CT molecular complexity index is 961. The summed E-state index contributed by atoms with van der Waals surface area (Å²) in [5, 5.41) is 25.9. The largest absolute Gasteiger partial charge is 0.367 e. The number of anilines is 3. The number of rotatable bonds is 7. The Morgan fingerprint density at radius 1 is 0.964 bits per heavy atom. The van der Waals surface area contributed by atoms with Gasteiger partial charge in [0.1, 0.15) is 11.6 Å². The average molecular weight is 373 g/mol. The summed E-state index contributed by atoms with van der Waals surface area (Å²) in [7, 11) is 0. The van der Waals surface area contributed by atoms with Crippen LogP contribution in [0.2, 0.25) is 0 Å². The number of hydrogen-bond acceptors (Lipinski definition) is 7. The summed E-state index contributed by atoms with van der Waals surface area (Å²) in [6.45, 7) is 2.90. The van der Waals surface area contributed by atoms with Crippen LogP contribution in [-0.2, 0) is 0 Å². The zero-order valence-electron chi connectivity index (χ0n) is 15.3. The van der Waals surface area contributed by atoms with Gasteiger partial charge in [0.15, 0.2) is 5.82 Å².